The van der Waals surface area contributed by atoms with Gasteiger partial charge in [-0.05, 0) is 39.5 Å². The summed E-state index contributed by atoms with van der Waals surface area (Å²) in [7, 11) is 0. The van der Waals surface area contributed by atoms with Gasteiger partial charge in [0.05, 0.1) is 5.51 Å². The van der Waals surface area contributed by atoms with Crippen molar-refractivity contribution in [2.45, 2.75) is 58.6 Å². The molecule has 1 aliphatic rings. The zero-order chi connectivity index (χ0) is 16.3. The Morgan fingerprint density at radius 2 is 2.18 bits per heavy atom. The number of hydrogen-bond acceptors (Lipinski definition) is 5. The van der Waals surface area contributed by atoms with E-state index in [1.54, 1.807) is 15.8 Å². The number of thiazole rings is 1. The molecular weight excluding hydrogens is 300 g/mol. The summed E-state index contributed by atoms with van der Waals surface area (Å²) in [5, 5.41) is 1.76. The van der Waals surface area contributed by atoms with E-state index in [2.05, 4.69) is 11.9 Å². The van der Waals surface area contributed by atoms with E-state index < -0.39 is 5.60 Å². The first-order chi connectivity index (χ1) is 10.3. The predicted octanol–water partition coefficient (Wildman–Crippen LogP) is 3.75. The summed E-state index contributed by atoms with van der Waals surface area (Å²) in [6.45, 7) is 8.37. The number of rotatable bonds is 3. The van der Waals surface area contributed by atoms with Crippen LogP contribution in [0.3, 0.4) is 0 Å². The van der Waals surface area contributed by atoms with Crippen LogP contribution in [0.2, 0.25) is 0 Å². The van der Waals surface area contributed by atoms with Crippen LogP contribution in [0.5, 0.6) is 0 Å². The van der Waals surface area contributed by atoms with E-state index >= 15 is 0 Å². The van der Waals surface area contributed by atoms with Gasteiger partial charge >= 0.3 is 6.09 Å². The molecule has 1 saturated heterocycles. The fourth-order valence-electron chi connectivity index (χ4n) is 2.67. The van der Waals surface area contributed by atoms with Crippen molar-refractivity contribution in [1.82, 2.24) is 9.88 Å². The van der Waals surface area contributed by atoms with Gasteiger partial charge in [-0.25, -0.2) is 9.78 Å². The van der Waals surface area contributed by atoms with Crippen LogP contribution in [0.15, 0.2) is 10.9 Å². The minimum Gasteiger partial charge on any atom is -0.444 e. The quantitative estimate of drug-likeness (QED) is 0.795. The third kappa shape index (κ3) is 4.53. The Balaban J connectivity index is 2.06. The highest BCUT2D eigenvalue weighted by Crippen LogP contribution is 2.27. The Labute approximate surface area is 135 Å². The Kier molecular flexibility index (Phi) is 5.21. The number of ether oxygens (including phenoxy) is 1. The van der Waals surface area contributed by atoms with Crippen LogP contribution < -0.4 is 0 Å². The molecule has 1 aromatic heterocycles. The SMILES string of the molecule is CC1CCN(C(=O)OC(C)(C)C)C(CC(=O)c2cscn2)C1. The number of carbonyl (C=O) groups is 2. The number of Topliss-reactive ketones (excluding diaryl/α,β-unsaturated/α-hetero) is 1. The van der Waals surface area contributed by atoms with E-state index in [9.17, 15) is 9.59 Å². The molecule has 1 amide bonds. The summed E-state index contributed by atoms with van der Waals surface area (Å²) < 4.78 is 5.48. The zero-order valence-electron chi connectivity index (χ0n) is 13.7. The fraction of sp³-hybridized carbons (Fsp3) is 0.688. The first kappa shape index (κ1) is 16.9. The maximum Gasteiger partial charge on any atom is 0.410 e. The molecule has 6 heteroatoms. The molecule has 0 saturated carbocycles. The molecule has 22 heavy (non-hydrogen) atoms. The van der Waals surface area contributed by atoms with Gasteiger partial charge in [0.1, 0.15) is 11.3 Å². The van der Waals surface area contributed by atoms with Gasteiger partial charge in [-0.1, -0.05) is 6.92 Å². The fourth-order valence-corrected chi connectivity index (χ4v) is 3.23. The first-order valence-electron chi connectivity index (χ1n) is 7.67. The maximum atomic E-state index is 12.4. The third-order valence-corrected chi connectivity index (χ3v) is 4.33. The van der Waals surface area contributed by atoms with Crippen molar-refractivity contribution in [3.63, 3.8) is 0 Å². The van der Waals surface area contributed by atoms with Crippen LogP contribution in [-0.4, -0.2) is 39.9 Å². The smallest absolute Gasteiger partial charge is 0.410 e. The molecule has 2 heterocycles. The van der Waals surface area contributed by atoms with Gasteiger partial charge in [-0.3, -0.25) is 4.79 Å². The number of hydrogen-bond donors (Lipinski definition) is 0. The number of piperidine rings is 1. The second-order valence-corrected chi connectivity index (χ2v) is 7.68. The molecule has 122 valence electrons. The van der Waals surface area contributed by atoms with Crippen molar-refractivity contribution in [2.24, 2.45) is 5.92 Å². The minimum absolute atomic E-state index is 0.00564. The van der Waals surface area contributed by atoms with Crippen LogP contribution in [0.1, 0.15) is 57.4 Å². The van der Waals surface area contributed by atoms with Crippen molar-refractivity contribution in [2.75, 3.05) is 6.54 Å². The van der Waals surface area contributed by atoms with Gasteiger partial charge in [-0.15, -0.1) is 11.3 Å². The van der Waals surface area contributed by atoms with E-state index in [1.807, 2.05) is 20.8 Å². The lowest BCUT2D eigenvalue weighted by Gasteiger charge is -2.38. The van der Waals surface area contributed by atoms with E-state index in [0.717, 1.165) is 12.8 Å². The number of amides is 1. The second kappa shape index (κ2) is 6.77. The average Bonchev–Trinajstić information content (AvgIpc) is 2.90. The molecule has 0 N–H and O–H groups in total. The summed E-state index contributed by atoms with van der Waals surface area (Å²) in [4.78, 5) is 30.5. The zero-order valence-corrected chi connectivity index (χ0v) is 14.5. The molecule has 0 aliphatic carbocycles. The number of nitrogens with zero attached hydrogens (tertiary/aromatic N) is 2. The molecule has 0 spiro atoms. The van der Waals surface area contributed by atoms with Crippen molar-refractivity contribution in [3.8, 4) is 0 Å². The molecular formula is C16H24N2O3S. The molecule has 0 radical (unpaired) electrons. The summed E-state index contributed by atoms with van der Waals surface area (Å²) in [6, 6.07) is -0.104. The topological polar surface area (TPSA) is 59.5 Å². The highest BCUT2D eigenvalue weighted by molar-refractivity contribution is 7.07. The summed E-state index contributed by atoms with van der Waals surface area (Å²) in [5.74, 6) is 0.501. The lowest BCUT2D eigenvalue weighted by molar-refractivity contribution is 0.00512. The van der Waals surface area contributed by atoms with E-state index in [-0.39, 0.29) is 17.9 Å². The Morgan fingerprint density at radius 3 is 2.77 bits per heavy atom. The Hall–Kier alpha value is -1.43. The Morgan fingerprint density at radius 1 is 1.45 bits per heavy atom. The minimum atomic E-state index is -0.524. The van der Waals surface area contributed by atoms with Gasteiger partial charge in [0.25, 0.3) is 0 Å². The molecule has 1 aliphatic heterocycles. The first-order valence-corrected chi connectivity index (χ1v) is 8.61. The highest BCUT2D eigenvalue weighted by atomic mass is 32.1. The van der Waals surface area contributed by atoms with Gasteiger partial charge < -0.3 is 9.64 Å². The third-order valence-electron chi connectivity index (χ3n) is 3.75. The number of aromatic nitrogens is 1. The molecule has 1 fully saturated rings. The summed E-state index contributed by atoms with van der Waals surface area (Å²) in [6.07, 6.45) is 1.76. The Bertz CT molecular complexity index is 522. The predicted molar refractivity (Wildman–Crippen MR) is 86.2 cm³/mol. The van der Waals surface area contributed by atoms with Crippen LogP contribution in [0.4, 0.5) is 4.79 Å². The van der Waals surface area contributed by atoms with Crippen molar-refractivity contribution < 1.29 is 14.3 Å². The molecule has 2 rings (SSSR count). The van der Waals surface area contributed by atoms with Crippen LogP contribution >= 0.6 is 11.3 Å². The molecule has 2 unspecified atom stereocenters. The molecule has 0 aromatic carbocycles. The largest absolute Gasteiger partial charge is 0.444 e. The lowest BCUT2D eigenvalue weighted by Crippen LogP contribution is -2.48. The number of likely N-dealkylation sites (tertiary alicyclic amines) is 1. The van der Waals surface area contributed by atoms with E-state index in [4.69, 9.17) is 4.74 Å². The normalized spacial score (nSPS) is 22.5. The molecule has 5 nitrogen and oxygen atoms in total. The molecule has 0 bridgehead atoms. The van der Waals surface area contributed by atoms with Gasteiger partial charge in [0, 0.05) is 24.4 Å². The summed E-state index contributed by atoms with van der Waals surface area (Å²) >= 11 is 1.41. The van der Waals surface area contributed by atoms with Crippen molar-refractivity contribution in [1.29, 1.82) is 0 Å². The van der Waals surface area contributed by atoms with Crippen LogP contribution in [0, 0.1) is 5.92 Å². The van der Waals surface area contributed by atoms with Crippen LogP contribution in [0.25, 0.3) is 0 Å². The molecule has 1 aromatic rings. The standard InChI is InChI=1S/C16H24N2O3S/c1-11-5-6-18(15(20)21-16(2,3)4)12(7-11)8-14(19)13-9-22-10-17-13/h9-12H,5-8H2,1-4H3. The maximum absolute atomic E-state index is 12.4. The van der Waals surface area contributed by atoms with Crippen LogP contribution in [-0.2, 0) is 4.74 Å². The van der Waals surface area contributed by atoms with Gasteiger partial charge in [0.2, 0.25) is 0 Å². The monoisotopic (exact) mass is 324 g/mol. The van der Waals surface area contributed by atoms with Gasteiger partial charge in [0.15, 0.2) is 5.78 Å². The molecule has 2 atom stereocenters. The highest BCUT2D eigenvalue weighted by Gasteiger charge is 2.34. The van der Waals surface area contributed by atoms with Gasteiger partial charge in [-0.2, -0.15) is 0 Å². The van der Waals surface area contributed by atoms with E-state index in [1.165, 1.54) is 11.3 Å². The van der Waals surface area contributed by atoms with Crippen molar-refractivity contribution in [3.05, 3.63) is 16.6 Å². The number of carbonyl (C=O) groups excluding carboxylic acids is 2. The van der Waals surface area contributed by atoms with E-state index in [0.29, 0.717) is 24.6 Å². The van der Waals surface area contributed by atoms with Crippen molar-refractivity contribution >= 4 is 23.2 Å². The summed E-state index contributed by atoms with van der Waals surface area (Å²) in [5.41, 5.74) is 1.62. The second-order valence-electron chi connectivity index (χ2n) is 6.96. The number of ketones is 1. The average molecular weight is 324 g/mol. The lowest BCUT2D eigenvalue weighted by atomic mass is 9.89.